The van der Waals surface area contributed by atoms with Gasteiger partial charge in [-0.2, -0.15) is 10.4 Å². The predicted molar refractivity (Wildman–Crippen MR) is 81.3 cm³/mol. The Hall–Kier alpha value is -2.81. The second kappa shape index (κ2) is 5.67. The minimum atomic E-state index is -0.403. The molecule has 1 heterocycles. The molecule has 0 aliphatic heterocycles. The van der Waals surface area contributed by atoms with E-state index in [0.29, 0.717) is 0 Å². The molecular formula is C15H17N5O. The Morgan fingerprint density at radius 2 is 2.19 bits per heavy atom. The molecule has 3 N–H and O–H groups in total. The molecule has 0 saturated carbocycles. The molecular weight excluding hydrogens is 266 g/mol. The van der Waals surface area contributed by atoms with E-state index in [1.807, 2.05) is 45.0 Å². The molecule has 6 heteroatoms. The average molecular weight is 283 g/mol. The molecule has 1 aromatic heterocycles. The van der Waals surface area contributed by atoms with Crippen molar-refractivity contribution in [2.45, 2.75) is 26.3 Å². The van der Waals surface area contributed by atoms with Gasteiger partial charge in [-0.25, -0.2) is 0 Å². The first kappa shape index (κ1) is 14.6. The van der Waals surface area contributed by atoms with Gasteiger partial charge in [0.25, 0.3) is 5.91 Å². The third-order valence-corrected chi connectivity index (χ3v) is 2.68. The smallest absolute Gasteiger partial charge is 0.263 e. The van der Waals surface area contributed by atoms with Gasteiger partial charge in [0, 0.05) is 22.8 Å². The SMILES string of the molecule is CC(C)(C)NC(=O)/C(C#N)=C\Nc1ccc2cn[nH]c2c1. The summed E-state index contributed by atoms with van der Waals surface area (Å²) in [5, 5.41) is 22.6. The lowest BCUT2D eigenvalue weighted by atomic mass is 10.1. The van der Waals surface area contributed by atoms with Crippen molar-refractivity contribution in [1.29, 1.82) is 5.26 Å². The topological polar surface area (TPSA) is 93.6 Å². The van der Waals surface area contributed by atoms with Crippen molar-refractivity contribution in [3.63, 3.8) is 0 Å². The highest BCUT2D eigenvalue weighted by Gasteiger charge is 2.17. The zero-order valence-corrected chi connectivity index (χ0v) is 12.2. The monoisotopic (exact) mass is 283 g/mol. The van der Waals surface area contributed by atoms with Crippen LogP contribution in [-0.2, 0) is 4.79 Å². The van der Waals surface area contributed by atoms with Crippen LogP contribution >= 0.6 is 0 Å². The van der Waals surface area contributed by atoms with E-state index in [2.05, 4.69) is 20.8 Å². The van der Waals surface area contributed by atoms with Crippen molar-refractivity contribution in [1.82, 2.24) is 15.5 Å². The molecule has 108 valence electrons. The summed E-state index contributed by atoms with van der Waals surface area (Å²) in [7, 11) is 0. The normalized spacial score (nSPS) is 12.0. The number of carbonyl (C=O) groups excluding carboxylic acids is 1. The van der Waals surface area contributed by atoms with E-state index in [9.17, 15) is 4.79 Å². The van der Waals surface area contributed by atoms with E-state index >= 15 is 0 Å². The van der Waals surface area contributed by atoms with Gasteiger partial charge in [-0.1, -0.05) is 0 Å². The summed E-state index contributed by atoms with van der Waals surface area (Å²) < 4.78 is 0. The van der Waals surface area contributed by atoms with Crippen LogP contribution < -0.4 is 10.6 Å². The van der Waals surface area contributed by atoms with E-state index in [1.54, 1.807) is 6.20 Å². The lowest BCUT2D eigenvalue weighted by Gasteiger charge is -2.20. The summed E-state index contributed by atoms with van der Waals surface area (Å²) >= 11 is 0. The quantitative estimate of drug-likeness (QED) is 0.595. The molecule has 0 radical (unpaired) electrons. The number of benzene rings is 1. The Balaban J connectivity index is 2.13. The third-order valence-electron chi connectivity index (χ3n) is 2.68. The molecule has 0 saturated heterocycles. The van der Waals surface area contributed by atoms with Crippen LogP contribution in [0.5, 0.6) is 0 Å². The van der Waals surface area contributed by atoms with Crippen LogP contribution in [0.3, 0.4) is 0 Å². The molecule has 21 heavy (non-hydrogen) atoms. The molecule has 2 aromatic rings. The van der Waals surface area contributed by atoms with Crippen LogP contribution in [0.2, 0.25) is 0 Å². The van der Waals surface area contributed by atoms with E-state index in [4.69, 9.17) is 5.26 Å². The van der Waals surface area contributed by atoms with Gasteiger partial charge in [-0.15, -0.1) is 0 Å². The molecule has 0 bridgehead atoms. The van der Waals surface area contributed by atoms with Gasteiger partial charge in [0.15, 0.2) is 0 Å². The van der Waals surface area contributed by atoms with E-state index in [-0.39, 0.29) is 11.1 Å². The molecule has 6 nitrogen and oxygen atoms in total. The van der Waals surface area contributed by atoms with Crippen molar-refractivity contribution < 1.29 is 4.79 Å². The van der Waals surface area contributed by atoms with Crippen molar-refractivity contribution in [3.05, 3.63) is 36.2 Å². The average Bonchev–Trinajstić information content (AvgIpc) is 2.84. The summed E-state index contributed by atoms with van der Waals surface area (Å²) in [4.78, 5) is 11.9. The molecule has 1 amide bonds. The number of fused-ring (bicyclic) bond motifs is 1. The van der Waals surface area contributed by atoms with Gasteiger partial charge in [-0.3, -0.25) is 9.89 Å². The largest absolute Gasteiger partial charge is 0.360 e. The maximum atomic E-state index is 11.9. The summed E-state index contributed by atoms with van der Waals surface area (Å²) in [6, 6.07) is 7.50. The predicted octanol–water partition coefficient (Wildman–Crippen LogP) is 2.30. The maximum Gasteiger partial charge on any atom is 0.263 e. The molecule has 1 aromatic carbocycles. The molecule has 2 rings (SSSR count). The maximum absolute atomic E-state index is 11.9. The Labute approximate surface area is 122 Å². The lowest BCUT2D eigenvalue weighted by molar-refractivity contribution is -0.118. The number of aromatic nitrogens is 2. The first-order chi connectivity index (χ1) is 9.89. The highest BCUT2D eigenvalue weighted by molar-refractivity contribution is 5.98. The molecule has 0 fully saturated rings. The minimum absolute atomic E-state index is 0.0228. The van der Waals surface area contributed by atoms with Gasteiger partial charge in [0.05, 0.1) is 11.7 Å². The first-order valence-electron chi connectivity index (χ1n) is 6.51. The summed E-state index contributed by atoms with van der Waals surface area (Å²) in [6.07, 6.45) is 3.13. The number of hydrogen-bond acceptors (Lipinski definition) is 4. The van der Waals surface area contributed by atoms with Crippen molar-refractivity contribution in [3.8, 4) is 6.07 Å². The molecule has 0 unspecified atom stereocenters. The number of nitriles is 1. The summed E-state index contributed by atoms with van der Waals surface area (Å²) in [5.41, 5.74) is 1.28. The number of hydrogen-bond donors (Lipinski definition) is 3. The van der Waals surface area contributed by atoms with E-state index in [0.717, 1.165) is 16.6 Å². The highest BCUT2D eigenvalue weighted by Crippen LogP contribution is 2.16. The van der Waals surface area contributed by atoms with Crippen LogP contribution in [-0.4, -0.2) is 21.6 Å². The standard InChI is InChI=1S/C15H17N5O/c1-15(2,3)19-14(21)11(7-16)8-17-12-5-4-10-9-18-20-13(10)6-12/h4-6,8-9,17H,1-3H3,(H,18,20)(H,19,21)/b11-8-. The molecule has 0 spiro atoms. The van der Waals surface area contributed by atoms with Crippen LogP contribution in [0.4, 0.5) is 5.69 Å². The Morgan fingerprint density at radius 3 is 2.86 bits per heavy atom. The number of anilines is 1. The van der Waals surface area contributed by atoms with Crippen LogP contribution in [0, 0.1) is 11.3 Å². The Bertz CT molecular complexity index is 730. The van der Waals surface area contributed by atoms with Crippen LogP contribution in [0.25, 0.3) is 10.9 Å². The second-order valence-electron chi connectivity index (χ2n) is 5.69. The van der Waals surface area contributed by atoms with Gasteiger partial charge in [-0.05, 0) is 39.0 Å². The van der Waals surface area contributed by atoms with E-state index < -0.39 is 5.91 Å². The van der Waals surface area contributed by atoms with Gasteiger partial charge < -0.3 is 10.6 Å². The number of nitrogens with one attached hydrogen (secondary N) is 3. The van der Waals surface area contributed by atoms with Gasteiger partial charge in [0.1, 0.15) is 11.6 Å². The fourth-order valence-corrected chi connectivity index (χ4v) is 1.74. The minimum Gasteiger partial charge on any atom is -0.360 e. The first-order valence-corrected chi connectivity index (χ1v) is 6.51. The number of nitrogens with zero attached hydrogens (tertiary/aromatic N) is 2. The molecule has 0 aliphatic carbocycles. The van der Waals surface area contributed by atoms with Crippen molar-refractivity contribution in [2.24, 2.45) is 0 Å². The van der Waals surface area contributed by atoms with E-state index in [1.165, 1.54) is 6.20 Å². The van der Waals surface area contributed by atoms with Gasteiger partial charge >= 0.3 is 0 Å². The highest BCUT2D eigenvalue weighted by atomic mass is 16.1. The third kappa shape index (κ3) is 3.83. The molecule has 0 aliphatic rings. The van der Waals surface area contributed by atoms with Gasteiger partial charge in [0.2, 0.25) is 0 Å². The number of carbonyl (C=O) groups is 1. The number of H-pyrrole nitrogens is 1. The fourth-order valence-electron chi connectivity index (χ4n) is 1.74. The number of rotatable bonds is 3. The van der Waals surface area contributed by atoms with Crippen LogP contribution in [0.1, 0.15) is 20.8 Å². The van der Waals surface area contributed by atoms with Crippen LogP contribution in [0.15, 0.2) is 36.2 Å². The lowest BCUT2D eigenvalue weighted by Crippen LogP contribution is -2.41. The number of aromatic amines is 1. The zero-order chi connectivity index (χ0) is 15.5. The zero-order valence-electron chi connectivity index (χ0n) is 12.2. The molecule has 0 atom stereocenters. The second-order valence-corrected chi connectivity index (χ2v) is 5.69. The number of amides is 1. The Morgan fingerprint density at radius 1 is 1.43 bits per heavy atom. The summed E-state index contributed by atoms with van der Waals surface area (Å²) in [5.74, 6) is -0.403. The Kier molecular flexibility index (Phi) is 3.94. The van der Waals surface area contributed by atoms with Crippen molar-refractivity contribution >= 4 is 22.5 Å². The fraction of sp³-hybridized carbons (Fsp3) is 0.267. The van der Waals surface area contributed by atoms with Crippen molar-refractivity contribution in [2.75, 3.05) is 5.32 Å². The summed E-state index contributed by atoms with van der Waals surface area (Å²) in [6.45, 7) is 5.58.